The molecular formula is C18H18N2O7S. The Kier molecular flexibility index (Phi) is 5.25. The van der Waals surface area contributed by atoms with Gasteiger partial charge in [0.15, 0.2) is 0 Å². The zero-order valence-corrected chi connectivity index (χ0v) is 16.2. The van der Waals surface area contributed by atoms with Gasteiger partial charge in [0.05, 0.1) is 7.11 Å². The van der Waals surface area contributed by atoms with Crippen molar-refractivity contribution in [2.75, 3.05) is 14.2 Å². The van der Waals surface area contributed by atoms with Crippen LogP contribution in [0.3, 0.4) is 0 Å². The normalized spacial score (nSPS) is 11.5. The molecule has 3 aromatic rings. The molecule has 28 heavy (non-hydrogen) atoms. The van der Waals surface area contributed by atoms with Crippen molar-refractivity contribution in [1.29, 1.82) is 0 Å². The number of nitrogens with one attached hydrogen (secondary N) is 1. The Morgan fingerprint density at radius 1 is 1.25 bits per heavy atom. The first-order chi connectivity index (χ1) is 13.2. The van der Waals surface area contributed by atoms with Crippen molar-refractivity contribution < 1.29 is 27.1 Å². The number of benzene rings is 1. The number of aryl methyl sites for hydroxylation is 1. The van der Waals surface area contributed by atoms with Gasteiger partial charge in [0.2, 0.25) is 10.0 Å². The molecule has 9 nitrogen and oxygen atoms in total. The molecule has 1 N–H and O–H groups in total. The number of nitrogens with zero attached hydrogens (tertiary/aromatic N) is 1. The SMILES string of the molecule is CNS(=O)(=O)c1cc(C(=O)OCc2cc(=O)oc3cc(OC)ccc23)n(C)c1. The molecule has 148 valence electrons. The molecule has 1 aromatic carbocycles. The highest BCUT2D eigenvalue weighted by atomic mass is 32.2. The van der Waals surface area contributed by atoms with Gasteiger partial charge < -0.3 is 18.5 Å². The minimum Gasteiger partial charge on any atom is -0.497 e. The van der Waals surface area contributed by atoms with E-state index in [1.807, 2.05) is 0 Å². The largest absolute Gasteiger partial charge is 0.497 e. The van der Waals surface area contributed by atoms with E-state index in [0.29, 0.717) is 22.3 Å². The summed E-state index contributed by atoms with van der Waals surface area (Å²) in [4.78, 5) is 24.1. The molecule has 0 aliphatic heterocycles. The Balaban J connectivity index is 1.87. The molecule has 0 atom stereocenters. The number of rotatable bonds is 6. The molecule has 0 saturated heterocycles. The lowest BCUT2D eigenvalue weighted by Crippen LogP contribution is -2.17. The summed E-state index contributed by atoms with van der Waals surface area (Å²) in [5.41, 5.74) is 0.231. The highest BCUT2D eigenvalue weighted by Gasteiger charge is 2.20. The lowest BCUT2D eigenvalue weighted by Gasteiger charge is -2.08. The van der Waals surface area contributed by atoms with Crippen molar-refractivity contribution in [3.8, 4) is 5.75 Å². The molecule has 0 aliphatic carbocycles. The average Bonchev–Trinajstić information content (AvgIpc) is 3.07. The number of carbonyl (C=O) groups is 1. The fourth-order valence-electron chi connectivity index (χ4n) is 2.68. The molecular weight excluding hydrogens is 388 g/mol. The number of aromatic nitrogens is 1. The first-order valence-corrected chi connectivity index (χ1v) is 9.61. The van der Waals surface area contributed by atoms with Crippen molar-refractivity contribution in [2.24, 2.45) is 7.05 Å². The van der Waals surface area contributed by atoms with Gasteiger partial charge in [0, 0.05) is 36.3 Å². The summed E-state index contributed by atoms with van der Waals surface area (Å²) in [7, 11) is 0.619. The highest BCUT2D eigenvalue weighted by Crippen LogP contribution is 2.23. The van der Waals surface area contributed by atoms with Crippen molar-refractivity contribution in [3.63, 3.8) is 0 Å². The van der Waals surface area contributed by atoms with Gasteiger partial charge in [-0.2, -0.15) is 0 Å². The second-order valence-corrected chi connectivity index (χ2v) is 7.79. The molecule has 3 rings (SSSR count). The molecule has 0 bridgehead atoms. The van der Waals surface area contributed by atoms with Crippen LogP contribution in [0.1, 0.15) is 16.1 Å². The minimum absolute atomic E-state index is 0.0534. The van der Waals surface area contributed by atoms with Crippen molar-refractivity contribution in [2.45, 2.75) is 11.5 Å². The first-order valence-electron chi connectivity index (χ1n) is 8.13. The minimum atomic E-state index is -3.69. The van der Waals surface area contributed by atoms with E-state index in [1.54, 1.807) is 18.2 Å². The number of esters is 1. The van der Waals surface area contributed by atoms with Crippen LogP contribution in [-0.2, 0) is 28.4 Å². The zero-order valence-electron chi connectivity index (χ0n) is 15.4. The van der Waals surface area contributed by atoms with Gasteiger partial charge in [-0.15, -0.1) is 0 Å². The van der Waals surface area contributed by atoms with E-state index in [-0.39, 0.29) is 17.2 Å². The van der Waals surface area contributed by atoms with Crippen molar-refractivity contribution in [3.05, 3.63) is 58.2 Å². The van der Waals surface area contributed by atoms with E-state index >= 15 is 0 Å². The zero-order chi connectivity index (χ0) is 20.5. The van der Waals surface area contributed by atoms with Gasteiger partial charge in [0.1, 0.15) is 28.5 Å². The first kappa shape index (κ1) is 19.6. The summed E-state index contributed by atoms with van der Waals surface area (Å²) >= 11 is 0. The second kappa shape index (κ2) is 7.49. The van der Waals surface area contributed by atoms with Gasteiger partial charge in [-0.25, -0.2) is 22.7 Å². The Morgan fingerprint density at radius 2 is 2.00 bits per heavy atom. The predicted octanol–water partition coefficient (Wildman–Crippen LogP) is 1.41. The van der Waals surface area contributed by atoms with E-state index < -0.39 is 21.6 Å². The van der Waals surface area contributed by atoms with E-state index in [2.05, 4.69) is 4.72 Å². The highest BCUT2D eigenvalue weighted by molar-refractivity contribution is 7.89. The number of hydrogen-bond donors (Lipinski definition) is 1. The van der Waals surface area contributed by atoms with E-state index in [0.717, 1.165) is 0 Å². The van der Waals surface area contributed by atoms with Gasteiger partial charge in [-0.1, -0.05) is 0 Å². The third-order valence-electron chi connectivity index (χ3n) is 4.16. The lowest BCUT2D eigenvalue weighted by atomic mass is 10.1. The number of fused-ring (bicyclic) bond motifs is 1. The molecule has 2 aromatic heterocycles. The maximum atomic E-state index is 12.4. The molecule has 0 unspecified atom stereocenters. The van der Waals surface area contributed by atoms with Crippen LogP contribution >= 0.6 is 0 Å². The van der Waals surface area contributed by atoms with Crippen molar-refractivity contribution >= 4 is 27.0 Å². The van der Waals surface area contributed by atoms with Crippen molar-refractivity contribution in [1.82, 2.24) is 9.29 Å². The van der Waals surface area contributed by atoms with Crippen LogP contribution in [0.15, 0.2) is 50.6 Å². The summed E-state index contributed by atoms with van der Waals surface area (Å²) in [5.74, 6) is -0.207. The number of hydrogen-bond acceptors (Lipinski definition) is 7. The number of ether oxygens (including phenoxy) is 2. The van der Waals surface area contributed by atoms with Crippen LogP contribution in [0, 0.1) is 0 Å². The summed E-state index contributed by atoms with van der Waals surface area (Å²) in [6, 6.07) is 7.41. The van der Waals surface area contributed by atoms with E-state index in [9.17, 15) is 18.0 Å². The Morgan fingerprint density at radius 3 is 2.68 bits per heavy atom. The average molecular weight is 406 g/mol. The summed E-state index contributed by atoms with van der Waals surface area (Å²) in [6.07, 6.45) is 1.31. The predicted molar refractivity (Wildman–Crippen MR) is 99.8 cm³/mol. The summed E-state index contributed by atoms with van der Waals surface area (Å²) in [6.45, 7) is -0.188. The van der Waals surface area contributed by atoms with Gasteiger partial charge in [-0.3, -0.25) is 0 Å². The fraction of sp³-hybridized carbons (Fsp3) is 0.222. The maximum absolute atomic E-state index is 12.4. The van der Waals surface area contributed by atoms with Gasteiger partial charge >= 0.3 is 11.6 Å². The summed E-state index contributed by atoms with van der Waals surface area (Å²) in [5, 5.41) is 0.596. The summed E-state index contributed by atoms with van der Waals surface area (Å²) < 4.78 is 42.8. The second-order valence-electron chi connectivity index (χ2n) is 5.91. The number of carbonyl (C=O) groups excluding carboxylic acids is 1. The van der Waals surface area contributed by atoms with Gasteiger partial charge in [0.25, 0.3) is 0 Å². The molecule has 2 heterocycles. The third-order valence-corrected chi connectivity index (χ3v) is 5.55. The Hall–Kier alpha value is -3.11. The number of methoxy groups -OCH3 is 1. The molecule has 10 heteroatoms. The molecule has 0 radical (unpaired) electrons. The number of sulfonamides is 1. The smallest absolute Gasteiger partial charge is 0.355 e. The lowest BCUT2D eigenvalue weighted by molar-refractivity contribution is 0.0462. The molecule has 0 spiro atoms. The molecule has 0 amide bonds. The van der Waals surface area contributed by atoms with Crippen LogP contribution in [-0.4, -0.2) is 33.1 Å². The third kappa shape index (κ3) is 3.78. The Labute approximate surface area is 160 Å². The molecule has 0 aliphatic rings. The standard InChI is InChI=1S/C18H18N2O7S/c1-19-28(23,24)13-8-15(20(2)9-13)18(22)26-10-11-6-17(21)27-16-7-12(25-3)4-5-14(11)16/h4-9,19H,10H2,1-3H3. The Bertz CT molecular complexity index is 1210. The molecule has 0 fully saturated rings. The molecule has 0 saturated carbocycles. The van der Waals surface area contributed by atoms with Crippen LogP contribution < -0.4 is 15.1 Å². The van der Waals surface area contributed by atoms with E-state index in [4.69, 9.17) is 13.9 Å². The van der Waals surface area contributed by atoms with E-state index in [1.165, 1.54) is 44.1 Å². The maximum Gasteiger partial charge on any atom is 0.355 e. The van der Waals surface area contributed by atoms with Crippen LogP contribution in [0.5, 0.6) is 5.75 Å². The van der Waals surface area contributed by atoms with Crippen LogP contribution in [0.25, 0.3) is 11.0 Å². The monoisotopic (exact) mass is 406 g/mol. The quantitative estimate of drug-likeness (QED) is 0.486. The van der Waals surface area contributed by atoms with Crippen LogP contribution in [0.2, 0.25) is 0 Å². The van der Waals surface area contributed by atoms with Crippen LogP contribution in [0.4, 0.5) is 0 Å². The van der Waals surface area contributed by atoms with Gasteiger partial charge in [-0.05, 0) is 25.2 Å². The topological polar surface area (TPSA) is 117 Å². The fourth-order valence-corrected chi connectivity index (χ4v) is 3.48.